The number of carbonyl (C=O) groups excluding carboxylic acids is 1. The number of fused-ring (bicyclic) bond motifs is 1. The molecule has 0 saturated carbocycles. The van der Waals surface area contributed by atoms with Crippen molar-refractivity contribution in [2.45, 2.75) is 32.5 Å². The summed E-state index contributed by atoms with van der Waals surface area (Å²) in [5.41, 5.74) is 2.25. The predicted octanol–water partition coefficient (Wildman–Crippen LogP) is 4.73. The van der Waals surface area contributed by atoms with Gasteiger partial charge in [-0.15, -0.1) is 0 Å². The molecular formula is C22H21F3N2O2. The van der Waals surface area contributed by atoms with Crippen LogP contribution in [0.1, 0.15) is 34.8 Å². The lowest BCUT2D eigenvalue weighted by molar-refractivity contribution is -0.137. The number of aliphatic hydroxyl groups excluding tert-OH is 1. The minimum absolute atomic E-state index is 0.148. The second-order valence-electron chi connectivity index (χ2n) is 6.89. The van der Waals surface area contributed by atoms with Gasteiger partial charge in [0, 0.05) is 16.5 Å². The van der Waals surface area contributed by atoms with E-state index in [1.54, 1.807) is 18.2 Å². The van der Waals surface area contributed by atoms with Crippen molar-refractivity contribution >= 4 is 16.8 Å². The van der Waals surface area contributed by atoms with Crippen molar-refractivity contribution in [3.05, 3.63) is 65.2 Å². The highest BCUT2D eigenvalue weighted by Crippen LogP contribution is 2.31. The van der Waals surface area contributed by atoms with Gasteiger partial charge in [-0.3, -0.25) is 4.79 Å². The average molecular weight is 402 g/mol. The fourth-order valence-electron chi connectivity index (χ4n) is 3.07. The Morgan fingerprint density at radius 1 is 1.14 bits per heavy atom. The van der Waals surface area contributed by atoms with Crippen molar-refractivity contribution in [1.82, 2.24) is 10.3 Å². The van der Waals surface area contributed by atoms with Gasteiger partial charge in [0.1, 0.15) is 0 Å². The monoisotopic (exact) mass is 402 g/mol. The van der Waals surface area contributed by atoms with Gasteiger partial charge in [-0.05, 0) is 49.2 Å². The molecule has 0 spiro atoms. The smallest absolute Gasteiger partial charge is 0.394 e. The molecule has 152 valence electrons. The molecule has 0 aliphatic heterocycles. The molecule has 7 heteroatoms. The van der Waals surface area contributed by atoms with Crippen LogP contribution in [-0.4, -0.2) is 28.6 Å². The van der Waals surface area contributed by atoms with Crippen LogP contribution < -0.4 is 5.32 Å². The molecule has 0 bridgehead atoms. The Labute approximate surface area is 166 Å². The topological polar surface area (TPSA) is 62.2 Å². The maximum Gasteiger partial charge on any atom is 0.416 e. The molecule has 3 aromatic rings. The van der Waals surface area contributed by atoms with Crippen LogP contribution in [0.5, 0.6) is 0 Å². The van der Waals surface area contributed by atoms with Crippen LogP contribution in [0.3, 0.4) is 0 Å². The van der Waals surface area contributed by atoms with Gasteiger partial charge in [0.2, 0.25) is 0 Å². The van der Waals surface area contributed by atoms with Crippen LogP contribution in [0.2, 0.25) is 0 Å². The van der Waals surface area contributed by atoms with E-state index in [0.29, 0.717) is 28.8 Å². The maximum absolute atomic E-state index is 12.8. The van der Waals surface area contributed by atoms with Crippen LogP contribution in [0.4, 0.5) is 13.2 Å². The Morgan fingerprint density at radius 3 is 2.41 bits per heavy atom. The Bertz CT molecular complexity index is 1030. The summed E-state index contributed by atoms with van der Waals surface area (Å²) in [6.45, 7) is 3.60. The van der Waals surface area contributed by atoms with Gasteiger partial charge in [0.05, 0.1) is 29.4 Å². The molecule has 3 rings (SSSR count). The number of aliphatic hydroxyl groups is 1. The van der Waals surface area contributed by atoms with E-state index in [1.165, 1.54) is 12.1 Å². The molecule has 2 aromatic carbocycles. The number of aryl methyl sites for hydroxylation is 1. The van der Waals surface area contributed by atoms with Crippen molar-refractivity contribution in [2.24, 2.45) is 0 Å². The van der Waals surface area contributed by atoms with E-state index in [0.717, 1.165) is 23.1 Å². The zero-order valence-electron chi connectivity index (χ0n) is 16.0. The molecule has 0 radical (unpaired) electrons. The number of hydrogen-bond donors (Lipinski definition) is 2. The average Bonchev–Trinajstić information content (AvgIpc) is 2.70. The zero-order chi connectivity index (χ0) is 21.2. The van der Waals surface area contributed by atoms with E-state index in [9.17, 15) is 23.1 Å². The Hall–Kier alpha value is -2.93. The highest BCUT2D eigenvalue weighted by Gasteiger charge is 2.30. The van der Waals surface area contributed by atoms with Crippen molar-refractivity contribution in [1.29, 1.82) is 0 Å². The molecule has 1 amide bonds. The maximum atomic E-state index is 12.8. The van der Waals surface area contributed by atoms with Gasteiger partial charge in [-0.2, -0.15) is 13.2 Å². The molecule has 29 heavy (non-hydrogen) atoms. The van der Waals surface area contributed by atoms with Gasteiger partial charge in [-0.25, -0.2) is 4.98 Å². The van der Waals surface area contributed by atoms with E-state index in [4.69, 9.17) is 0 Å². The first-order chi connectivity index (χ1) is 13.7. The quantitative estimate of drug-likeness (QED) is 0.649. The van der Waals surface area contributed by atoms with Crippen molar-refractivity contribution in [3.8, 4) is 11.3 Å². The van der Waals surface area contributed by atoms with Gasteiger partial charge in [0.25, 0.3) is 5.91 Å². The van der Waals surface area contributed by atoms with Gasteiger partial charge in [0.15, 0.2) is 0 Å². The molecule has 0 saturated heterocycles. The number of benzene rings is 2. The number of pyridine rings is 1. The lowest BCUT2D eigenvalue weighted by Gasteiger charge is -2.14. The van der Waals surface area contributed by atoms with Crippen LogP contribution in [0.15, 0.2) is 48.5 Å². The fourth-order valence-corrected chi connectivity index (χ4v) is 3.07. The summed E-state index contributed by atoms with van der Waals surface area (Å²) in [5, 5.41) is 12.9. The first-order valence-electron chi connectivity index (χ1n) is 9.23. The molecule has 0 unspecified atom stereocenters. The lowest BCUT2D eigenvalue weighted by atomic mass is 10.0. The van der Waals surface area contributed by atoms with Crippen LogP contribution in [-0.2, 0) is 6.18 Å². The molecule has 1 aromatic heterocycles. The zero-order valence-corrected chi connectivity index (χ0v) is 16.0. The number of aromatic nitrogens is 1. The second-order valence-corrected chi connectivity index (χ2v) is 6.89. The highest BCUT2D eigenvalue weighted by molar-refractivity contribution is 5.98. The number of amides is 1. The minimum Gasteiger partial charge on any atom is -0.394 e. The normalized spacial score (nSPS) is 12.8. The minimum atomic E-state index is -4.39. The molecule has 0 aliphatic rings. The third-order valence-corrected chi connectivity index (χ3v) is 4.84. The number of hydrogen-bond acceptors (Lipinski definition) is 3. The molecular weight excluding hydrogens is 381 g/mol. The number of nitrogens with zero attached hydrogens (tertiary/aromatic N) is 1. The molecule has 4 nitrogen and oxygen atoms in total. The third-order valence-electron chi connectivity index (χ3n) is 4.84. The molecule has 0 fully saturated rings. The molecule has 0 aliphatic carbocycles. The summed E-state index contributed by atoms with van der Waals surface area (Å²) in [6.07, 6.45) is -3.79. The number of alkyl halides is 3. The summed E-state index contributed by atoms with van der Waals surface area (Å²) in [5.74, 6) is -0.313. The van der Waals surface area contributed by atoms with Gasteiger partial charge < -0.3 is 10.4 Å². The SMILES string of the molecule is CC[C@H](CO)NC(=O)c1ccc2c(C)cc(-c3ccc(C(F)(F)F)cc3)nc2c1. The predicted molar refractivity (Wildman–Crippen MR) is 106 cm³/mol. The standard InChI is InChI=1S/C22H21F3N2O2/c1-3-17(12-28)26-21(29)15-6-9-18-13(2)10-19(27-20(18)11-15)14-4-7-16(8-5-14)22(23,24)25/h4-11,17,28H,3,12H2,1-2H3,(H,26,29)/t17-/m1/s1. The first kappa shape index (κ1) is 20.8. The van der Waals surface area contributed by atoms with Crippen molar-refractivity contribution in [2.75, 3.05) is 6.61 Å². The Balaban J connectivity index is 1.97. The highest BCUT2D eigenvalue weighted by atomic mass is 19.4. The largest absolute Gasteiger partial charge is 0.416 e. The Morgan fingerprint density at radius 2 is 1.83 bits per heavy atom. The lowest BCUT2D eigenvalue weighted by Crippen LogP contribution is -2.36. The molecule has 1 atom stereocenters. The summed E-state index contributed by atoms with van der Waals surface area (Å²) in [6, 6.07) is 11.4. The molecule has 1 heterocycles. The van der Waals surface area contributed by atoms with Crippen LogP contribution in [0, 0.1) is 6.92 Å². The third kappa shape index (κ3) is 4.56. The fraction of sp³-hybridized carbons (Fsp3) is 0.273. The van der Waals surface area contributed by atoms with Crippen molar-refractivity contribution in [3.63, 3.8) is 0 Å². The van der Waals surface area contributed by atoms with Crippen molar-refractivity contribution < 1.29 is 23.1 Å². The van der Waals surface area contributed by atoms with E-state index in [2.05, 4.69) is 10.3 Å². The van der Waals surface area contributed by atoms with E-state index in [1.807, 2.05) is 19.9 Å². The van der Waals surface area contributed by atoms with Crippen LogP contribution >= 0.6 is 0 Å². The number of carbonyl (C=O) groups is 1. The van der Waals surface area contributed by atoms with E-state index < -0.39 is 11.7 Å². The summed E-state index contributed by atoms with van der Waals surface area (Å²) >= 11 is 0. The number of rotatable bonds is 5. The summed E-state index contributed by atoms with van der Waals surface area (Å²) in [4.78, 5) is 17.0. The first-order valence-corrected chi connectivity index (χ1v) is 9.23. The molecule has 2 N–H and O–H groups in total. The van der Waals surface area contributed by atoms with E-state index >= 15 is 0 Å². The van der Waals surface area contributed by atoms with Gasteiger partial charge >= 0.3 is 6.18 Å². The Kier molecular flexibility index (Phi) is 5.88. The summed E-state index contributed by atoms with van der Waals surface area (Å²) < 4.78 is 38.4. The van der Waals surface area contributed by atoms with Gasteiger partial charge in [-0.1, -0.05) is 25.1 Å². The van der Waals surface area contributed by atoms with Crippen LogP contribution in [0.25, 0.3) is 22.2 Å². The summed E-state index contributed by atoms with van der Waals surface area (Å²) in [7, 11) is 0. The number of nitrogens with one attached hydrogen (secondary N) is 1. The second kappa shape index (κ2) is 8.21. The number of halogens is 3. The van der Waals surface area contributed by atoms with E-state index in [-0.39, 0.29) is 18.6 Å².